The summed E-state index contributed by atoms with van der Waals surface area (Å²) in [4.78, 5) is 16.6. The van der Waals surface area contributed by atoms with Crippen LogP contribution in [-0.4, -0.2) is 25.7 Å². The number of nitrogens with zero attached hydrogens (tertiary/aromatic N) is 3. The summed E-state index contributed by atoms with van der Waals surface area (Å²) < 4.78 is 1.32. The molecule has 0 atom stereocenters. The molecule has 0 radical (unpaired) electrons. The molecular formula is C17H15N3O2. The first-order valence-electron chi connectivity index (χ1n) is 6.90. The highest BCUT2D eigenvalue weighted by Crippen LogP contribution is 2.25. The van der Waals surface area contributed by atoms with E-state index in [2.05, 4.69) is 10.1 Å². The maximum atomic E-state index is 12.6. The molecule has 1 aromatic carbocycles. The van der Waals surface area contributed by atoms with Crippen LogP contribution in [0.1, 0.15) is 27.2 Å². The van der Waals surface area contributed by atoms with Gasteiger partial charge in [-0.15, -0.1) is 0 Å². The number of hydrogen-bond acceptors (Lipinski definition) is 4. The van der Waals surface area contributed by atoms with Gasteiger partial charge < -0.3 is 5.11 Å². The molecule has 0 spiro atoms. The number of hydrogen-bond donors (Lipinski definition) is 1. The third-order valence-electron chi connectivity index (χ3n) is 3.45. The standard InChI is InChI=1S/C17H15N3O2/c1-20-17(22)15(16(21)13-8-5-9-18-11-13)14(19-20)10-12-6-3-2-4-7-12/h2-9,11,22H,10H2,1H3. The van der Waals surface area contributed by atoms with E-state index in [0.29, 0.717) is 17.7 Å². The number of rotatable bonds is 4. The summed E-state index contributed by atoms with van der Waals surface area (Å²) in [5.41, 5.74) is 2.25. The molecule has 0 aliphatic rings. The molecule has 2 heterocycles. The first kappa shape index (κ1) is 14.0. The van der Waals surface area contributed by atoms with Gasteiger partial charge in [-0.3, -0.25) is 9.78 Å². The van der Waals surface area contributed by atoms with Crippen molar-refractivity contribution in [3.63, 3.8) is 0 Å². The smallest absolute Gasteiger partial charge is 0.220 e. The Morgan fingerprint density at radius 1 is 1.18 bits per heavy atom. The fraction of sp³-hybridized carbons (Fsp3) is 0.118. The highest BCUT2D eigenvalue weighted by atomic mass is 16.3. The number of carbonyl (C=O) groups is 1. The lowest BCUT2D eigenvalue weighted by Crippen LogP contribution is -2.05. The summed E-state index contributed by atoms with van der Waals surface area (Å²) in [5, 5.41) is 14.5. The van der Waals surface area contributed by atoms with Crippen molar-refractivity contribution in [3.8, 4) is 5.88 Å². The van der Waals surface area contributed by atoms with Crippen molar-refractivity contribution in [2.75, 3.05) is 0 Å². The second kappa shape index (κ2) is 5.81. The molecule has 5 nitrogen and oxygen atoms in total. The molecule has 0 fully saturated rings. The van der Waals surface area contributed by atoms with Crippen molar-refractivity contribution in [1.82, 2.24) is 14.8 Å². The Bertz CT molecular complexity index is 796. The van der Waals surface area contributed by atoms with Crippen molar-refractivity contribution >= 4 is 5.78 Å². The minimum atomic E-state index is -0.273. The Balaban J connectivity index is 2.02. The van der Waals surface area contributed by atoms with Gasteiger partial charge in [-0.2, -0.15) is 5.10 Å². The molecule has 0 amide bonds. The number of aromatic nitrogens is 3. The topological polar surface area (TPSA) is 68.0 Å². The second-order valence-corrected chi connectivity index (χ2v) is 5.00. The molecule has 110 valence electrons. The first-order chi connectivity index (χ1) is 10.7. The van der Waals surface area contributed by atoms with E-state index in [9.17, 15) is 9.90 Å². The van der Waals surface area contributed by atoms with E-state index in [0.717, 1.165) is 5.56 Å². The minimum absolute atomic E-state index is 0.125. The van der Waals surface area contributed by atoms with E-state index in [1.165, 1.54) is 10.9 Å². The lowest BCUT2D eigenvalue weighted by molar-refractivity contribution is 0.103. The molecule has 0 saturated carbocycles. The molecule has 3 aromatic rings. The van der Waals surface area contributed by atoms with Gasteiger partial charge >= 0.3 is 0 Å². The van der Waals surface area contributed by atoms with Crippen molar-refractivity contribution in [2.45, 2.75) is 6.42 Å². The zero-order chi connectivity index (χ0) is 15.5. The average molecular weight is 293 g/mol. The molecule has 22 heavy (non-hydrogen) atoms. The van der Waals surface area contributed by atoms with Gasteiger partial charge in [0, 0.05) is 31.4 Å². The maximum absolute atomic E-state index is 12.6. The Morgan fingerprint density at radius 2 is 1.95 bits per heavy atom. The van der Waals surface area contributed by atoms with E-state index in [1.54, 1.807) is 25.4 Å². The molecule has 3 rings (SSSR count). The fourth-order valence-electron chi connectivity index (χ4n) is 2.36. The first-order valence-corrected chi connectivity index (χ1v) is 6.90. The summed E-state index contributed by atoms with van der Waals surface area (Å²) in [6, 6.07) is 13.1. The van der Waals surface area contributed by atoms with Crippen LogP contribution in [0, 0.1) is 0 Å². The number of benzene rings is 1. The predicted octanol–water partition coefficient (Wildman–Crippen LogP) is 2.34. The molecule has 0 aliphatic carbocycles. The number of ketones is 1. The lowest BCUT2D eigenvalue weighted by atomic mass is 10.0. The van der Waals surface area contributed by atoms with E-state index in [-0.39, 0.29) is 17.2 Å². The predicted molar refractivity (Wildman–Crippen MR) is 81.8 cm³/mol. The summed E-state index contributed by atoms with van der Waals surface area (Å²) in [7, 11) is 1.61. The monoisotopic (exact) mass is 293 g/mol. The highest BCUT2D eigenvalue weighted by Gasteiger charge is 2.23. The van der Waals surface area contributed by atoms with Crippen molar-refractivity contribution in [3.05, 3.63) is 77.2 Å². The normalized spacial score (nSPS) is 10.6. The van der Waals surface area contributed by atoms with Gasteiger partial charge in [0.15, 0.2) is 0 Å². The fourth-order valence-corrected chi connectivity index (χ4v) is 2.36. The van der Waals surface area contributed by atoms with Crippen molar-refractivity contribution in [2.24, 2.45) is 7.05 Å². The summed E-state index contributed by atoms with van der Waals surface area (Å²) >= 11 is 0. The van der Waals surface area contributed by atoms with E-state index in [1.807, 2.05) is 30.3 Å². The number of aromatic hydroxyl groups is 1. The third-order valence-corrected chi connectivity index (χ3v) is 3.45. The van der Waals surface area contributed by atoms with Crippen LogP contribution in [0.2, 0.25) is 0 Å². The number of carbonyl (C=O) groups excluding carboxylic acids is 1. The molecule has 0 unspecified atom stereocenters. The van der Waals surface area contributed by atoms with Crippen LogP contribution in [0.5, 0.6) is 5.88 Å². The maximum Gasteiger partial charge on any atom is 0.220 e. The lowest BCUT2D eigenvalue weighted by Gasteiger charge is -2.03. The zero-order valence-corrected chi connectivity index (χ0v) is 12.1. The van der Waals surface area contributed by atoms with E-state index in [4.69, 9.17) is 0 Å². The van der Waals surface area contributed by atoms with Crippen LogP contribution < -0.4 is 0 Å². The molecule has 1 N–H and O–H groups in total. The SMILES string of the molecule is Cn1nc(Cc2ccccc2)c(C(=O)c2cccnc2)c1O. The number of aryl methyl sites for hydroxylation is 1. The van der Waals surface area contributed by atoms with E-state index >= 15 is 0 Å². The van der Waals surface area contributed by atoms with Crippen molar-refractivity contribution < 1.29 is 9.90 Å². The van der Waals surface area contributed by atoms with Gasteiger partial charge in [0.05, 0.1) is 5.69 Å². The van der Waals surface area contributed by atoms with Gasteiger partial charge in [-0.25, -0.2) is 4.68 Å². The van der Waals surface area contributed by atoms with Gasteiger partial charge in [0.1, 0.15) is 5.56 Å². The largest absolute Gasteiger partial charge is 0.493 e. The minimum Gasteiger partial charge on any atom is -0.493 e. The molecular weight excluding hydrogens is 278 g/mol. The highest BCUT2D eigenvalue weighted by molar-refractivity contribution is 6.11. The summed E-state index contributed by atoms with van der Waals surface area (Å²) in [6.45, 7) is 0. The van der Waals surface area contributed by atoms with Crippen LogP contribution in [0.3, 0.4) is 0 Å². The summed E-state index contributed by atoms with van der Waals surface area (Å²) in [5.74, 6) is -0.399. The average Bonchev–Trinajstić information content (AvgIpc) is 2.83. The Hall–Kier alpha value is -2.95. The van der Waals surface area contributed by atoms with Gasteiger partial charge in [0.25, 0.3) is 0 Å². The molecule has 2 aromatic heterocycles. The number of pyridine rings is 1. The molecule has 0 saturated heterocycles. The second-order valence-electron chi connectivity index (χ2n) is 5.00. The van der Waals surface area contributed by atoms with Crippen LogP contribution in [0.15, 0.2) is 54.9 Å². The molecule has 0 bridgehead atoms. The Labute approximate surface area is 127 Å². The quantitative estimate of drug-likeness (QED) is 0.750. The van der Waals surface area contributed by atoms with Crippen LogP contribution in [0.4, 0.5) is 0 Å². The van der Waals surface area contributed by atoms with E-state index < -0.39 is 0 Å². The zero-order valence-electron chi connectivity index (χ0n) is 12.1. The van der Waals surface area contributed by atoms with Gasteiger partial charge in [-0.05, 0) is 17.7 Å². The third kappa shape index (κ3) is 2.61. The Morgan fingerprint density at radius 3 is 2.64 bits per heavy atom. The summed E-state index contributed by atoms with van der Waals surface area (Å²) in [6.07, 6.45) is 3.57. The van der Waals surface area contributed by atoms with Crippen LogP contribution in [0.25, 0.3) is 0 Å². The van der Waals surface area contributed by atoms with Crippen LogP contribution >= 0.6 is 0 Å². The Kier molecular flexibility index (Phi) is 3.70. The van der Waals surface area contributed by atoms with Crippen molar-refractivity contribution in [1.29, 1.82) is 0 Å². The molecule has 5 heteroatoms. The van der Waals surface area contributed by atoms with Crippen LogP contribution in [-0.2, 0) is 13.5 Å². The van der Waals surface area contributed by atoms with Gasteiger partial charge in [0.2, 0.25) is 11.7 Å². The van der Waals surface area contributed by atoms with Gasteiger partial charge in [-0.1, -0.05) is 30.3 Å². The molecule has 0 aliphatic heterocycles.